The van der Waals surface area contributed by atoms with Gasteiger partial charge in [0.2, 0.25) is 0 Å². The normalized spacial score (nSPS) is 11.4. The highest BCUT2D eigenvalue weighted by Gasteiger charge is 2.06. The van der Waals surface area contributed by atoms with E-state index < -0.39 is 0 Å². The molecule has 0 saturated carbocycles. The Balaban J connectivity index is 2.11. The van der Waals surface area contributed by atoms with Crippen LogP contribution in [-0.2, 0) is 6.61 Å². The minimum Gasteiger partial charge on any atom is -0.487 e. The van der Waals surface area contributed by atoms with Crippen LogP contribution in [0, 0.1) is 5.82 Å². The summed E-state index contributed by atoms with van der Waals surface area (Å²) in [7, 11) is 0. The van der Waals surface area contributed by atoms with Crippen LogP contribution in [0.2, 0.25) is 5.02 Å². The highest BCUT2D eigenvalue weighted by atomic mass is 35.5. The molecule has 0 aliphatic heterocycles. The van der Waals surface area contributed by atoms with Crippen molar-refractivity contribution in [3.63, 3.8) is 0 Å². The molecule has 0 spiro atoms. The molecule has 0 amide bonds. The number of hydrogen-bond donors (Lipinski definition) is 2. The standard InChI is InChI=1S/C14H12ClFN2O2/c15-12-7-10(14(17)18-19)4-5-13(12)20-8-9-2-1-3-11(16)6-9/h1-7,19H,8H2,(H2,17,18). The average Bonchev–Trinajstić information content (AvgIpc) is 2.45. The van der Waals surface area contributed by atoms with Crippen molar-refractivity contribution in [1.82, 2.24) is 0 Å². The molecular weight excluding hydrogens is 283 g/mol. The van der Waals surface area contributed by atoms with Gasteiger partial charge in [0.15, 0.2) is 5.84 Å². The second kappa shape index (κ2) is 6.25. The van der Waals surface area contributed by atoms with Gasteiger partial charge in [-0.15, -0.1) is 0 Å². The van der Waals surface area contributed by atoms with Gasteiger partial charge in [0.25, 0.3) is 0 Å². The lowest BCUT2D eigenvalue weighted by molar-refractivity contribution is 0.305. The van der Waals surface area contributed by atoms with Crippen molar-refractivity contribution in [2.24, 2.45) is 10.9 Å². The molecule has 0 unspecified atom stereocenters. The Kier molecular flexibility index (Phi) is 4.42. The van der Waals surface area contributed by atoms with Crippen molar-refractivity contribution in [2.45, 2.75) is 6.61 Å². The molecule has 6 heteroatoms. The van der Waals surface area contributed by atoms with Gasteiger partial charge in [0.1, 0.15) is 18.2 Å². The Morgan fingerprint density at radius 2 is 2.10 bits per heavy atom. The molecule has 0 aliphatic carbocycles. The molecule has 0 heterocycles. The van der Waals surface area contributed by atoms with Crippen LogP contribution in [0.4, 0.5) is 4.39 Å². The number of ether oxygens (including phenoxy) is 1. The third-order valence-corrected chi connectivity index (χ3v) is 2.91. The van der Waals surface area contributed by atoms with Crippen molar-refractivity contribution >= 4 is 17.4 Å². The van der Waals surface area contributed by atoms with Gasteiger partial charge in [-0.2, -0.15) is 0 Å². The van der Waals surface area contributed by atoms with Gasteiger partial charge in [0, 0.05) is 5.56 Å². The highest BCUT2D eigenvalue weighted by molar-refractivity contribution is 6.32. The van der Waals surface area contributed by atoms with E-state index in [9.17, 15) is 4.39 Å². The summed E-state index contributed by atoms with van der Waals surface area (Å²) in [5, 5.41) is 11.8. The summed E-state index contributed by atoms with van der Waals surface area (Å²) < 4.78 is 18.5. The molecule has 0 bridgehead atoms. The molecule has 20 heavy (non-hydrogen) atoms. The fraction of sp³-hybridized carbons (Fsp3) is 0.0714. The van der Waals surface area contributed by atoms with Crippen molar-refractivity contribution < 1.29 is 14.3 Å². The first-order chi connectivity index (χ1) is 9.60. The van der Waals surface area contributed by atoms with Gasteiger partial charge in [-0.3, -0.25) is 0 Å². The predicted molar refractivity (Wildman–Crippen MR) is 74.7 cm³/mol. The summed E-state index contributed by atoms with van der Waals surface area (Å²) in [4.78, 5) is 0. The number of nitrogens with two attached hydrogens (primary N) is 1. The molecule has 104 valence electrons. The SMILES string of the molecule is NC(=NO)c1ccc(OCc2cccc(F)c2)c(Cl)c1. The summed E-state index contributed by atoms with van der Waals surface area (Å²) in [6.07, 6.45) is 0. The number of amidine groups is 1. The summed E-state index contributed by atoms with van der Waals surface area (Å²) in [6, 6.07) is 10.9. The Hall–Kier alpha value is -2.27. The molecule has 0 aromatic heterocycles. The lowest BCUT2D eigenvalue weighted by Crippen LogP contribution is -2.12. The Morgan fingerprint density at radius 3 is 2.75 bits per heavy atom. The van der Waals surface area contributed by atoms with Gasteiger partial charge in [-0.1, -0.05) is 28.9 Å². The van der Waals surface area contributed by atoms with Crippen LogP contribution < -0.4 is 10.5 Å². The third kappa shape index (κ3) is 3.39. The minimum absolute atomic E-state index is 0.0384. The maximum absolute atomic E-state index is 13.0. The minimum atomic E-state index is -0.320. The first-order valence-corrected chi connectivity index (χ1v) is 6.12. The molecule has 2 rings (SSSR count). The van der Waals surface area contributed by atoms with Crippen LogP contribution in [-0.4, -0.2) is 11.0 Å². The monoisotopic (exact) mass is 294 g/mol. The average molecular weight is 295 g/mol. The van der Waals surface area contributed by atoms with E-state index >= 15 is 0 Å². The van der Waals surface area contributed by atoms with Gasteiger partial charge < -0.3 is 15.7 Å². The van der Waals surface area contributed by atoms with Gasteiger partial charge in [-0.25, -0.2) is 4.39 Å². The quantitative estimate of drug-likeness (QED) is 0.394. The summed E-state index contributed by atoms with van der Waals surface area (Å²) >= 11 is 6.04. The second-order valence-corrected chi connectivity index (χ2v) is 4.46. The van der Waals surface area contributed by atoms with Crippen LogP contribution in [0.5, 0.6) is 5.75 Å². The Labute approximate surface area is 120 Å². The van der Waals surface area contributed by atoms with Crippen LogP contribution in [0.1, 0.15) is 11.1 Å². The lowest BCUT2D eigenvalue weighted by atomic mass is 10.2. The van der Waals surface area contributed by atoms with Crippen molar-refractivity contribution in [2.75, 3.05) is 0 Å². The maximum Gasteiger partial charge on any atom is 0.170 e. The van der Waals surface area contributed by atoms with E-state index in [2.05, 4.69) is 5.16 Å². The van der Waals surface area contributed by atoms with E-state index in [0.717, 1.165) is 0 Å². The molecule has 4 nitrogen and oxygen atoms in total. The van der Waals surface area contributed by atoms with E-state index in [0.29, 0.717) is 21.9 Å². The zero-order valence-electron chi connectivity index (χ0n) is 10.4. The molecule has 0 fully saturated rings. The highest BCUT2D eigenvalue weighted by Crippen LogP contribution is 2.26. The van der Waals surface area contributed by atoms with E-state index in [-0.39, 0.29) is 18.3 Å². The Bertz CT molecular complexity index is 647. The van der Waals surface area contributed by atoms with E-state index in [1.165, 1.54) is 18.2 Å². The largest absolute Gasteiger partial charge is 0.487 e. The van der Waals surface area contributed by atoms with E-state index in [1.807, 2.05) is 0 Å². The molecule has 0 radical (unpaired) electrons. The fourth-order valence-electron chi connectivity index (χ4n) is 1.62. The number of rotatable bonds is 4. The molecular formula is C14H12ClFN2O2. The number of oxime groups is 1. The summed E-state index contributed by atoms with van der Waals surface area (Å²) in [6.45, 7) is 0.195. The number of nitrogens with zero attached hydrogens (tertiary/aromatic N) is 1. The summed E-state index contributed by atoms with van der Waals surface area (Å²) in [5.74, 6) is 0.0773. The number of hydrogen-bond acceptors (Lipinski definition) is 3. The molecule has 0 atom stereocenters. The predicted octanol–water partition coefficient (Wildman–Crippen LogP) is 3.15. The zero-order chi connectivity index (χ0) is 14.5. The smallest absolute Gasteiger partial charge is 0.170 e. The van der Waals surface area contributed by atoms with Crippen molar-refractivity contribution in [3.8, 4) is 5.75 Å². The molecule has 2 aromatic carbocycles. The van der Waals surface area contributed by atoms with Gasteiger partial charge in [0.05, 0.1) is 5.02 Å². The van der Waals surface area contributed by atoms with Gasteiger partial charge >= 0.3 is 0 Å². The zero-order valence-corrected chi connectivity index (χ0v) is 11.1. The third-order valence-electron chi connectivity index (χ3n) is 2.62. The van der Waals surface area contributed by atoms with Crippen LogP contribution in [0.25, 0.3) is 0 Å². The first kappa shape index (κ1) is 14.1. The van der Waals surface area contributed by atoms with Crippen LogP contribution >= 0.6 is 11.6 Å². The molecule has 3 N–H and O–H groups in total. The van der Waals surface area contributed by atoms with Crippen LogP contribution in [0.3, 0.4) is 0 Å². The fourth-order valence-corrected chi connectivity index (χ4v) is 1.86. The van der Waals surface area contributed by atoms with E-state index in [1.54, 1.807) is 24.3 Å². The number of halogens is 2. The van der Waals surface area contributed by atoms with E-state index in [4.69, 9.17) is 27.3 Å². The molecule has 0 saturated heterocycles. The molecule has 2 aromatic rings. The van der Waals surface area contributed by atoms with Crippen LogP contribution in [0.15, 0.2) is 47.6 Å². The topological polar surface area (TPSA) is 67.8 Å². The number of benzene rings is 2. The van der Waals surface area contributed by atoms with Crippen molar-refractivity contribution in [3.05, 3.63) is 64.4 Å². The van der Waals surface area contributed by atoms with Crippen molar-refractivity contribution in [1.29, 1.82) is 0 Å². The maximum atomic E-state index is 13.0. The Morgan fingerprint density at radius 1 is 1.30 bits per heavy atom. The van der Waals surface area contributed by atoms with Gasteiger partial charge in [-0.05, 0) is 35.9 Å². The second-order valence-electron chi connectivity index (χ2n) is 4.05. The first-order valence-electron chi connectivity index (χ1n) is 5.75. The summed E-state index contributed by atoms with van der Waals surface area (Å²) in [5.41, 5.74) is 6.63. The molecule has 0 aliphatic rings. The lowest BCUT2D eigenvalue weighted by Gasteiger charge is -2.09.